The van der Waals surface area contributed by atoms with Crippen LogP contribution in [-0.2, 0) is 17.8 Å². The van der Waals surface area contributed by atoms with E-state index in [0.717, 1.165) is 51.4 Å². The van der Waals surface area contributed by atoms with Gasteiger partial charge in [-0.3, -0.25) is 14.6 Å². The Bertz CT molecular complexity index is 713. The fourth-order valence-electron chi connectivity index (χ4n) is 3.47. The maximum absolute atomic E-state index is 6.01. The molecule has 2 aromatic rings. The van der Waals surface area contributed by atoms with Gasteiger partial charge in [0.25, 0.3) is 0 Å². The number of rotatable bonds is 5. The second-order valence-corrected chi connectivity index (χ2v) is 6.60. The largest absolute Gasteiger partial charge is 0.490 e. The molecule has 4 rings (SSSR count). The highest BCUT2D eigenvalue weighted by molar-refractivity contribution is 5.16. The predicted octanol–water partition coefficient (Wildman–Crippen LogP) is 2.28. The van der Waals surface area contributed by atoms with Gasteiger partial charge in [-0.05, 0) is 36.6 Å². The molecule has 6 heteroatoms. The van der Waals surface area contributed by atoms with Crippen LogP contribution >= 0.6 is 0 Å². The van der Waals surface area contributed by atoms with Gasteiger partial charge in [-0.25, -0.2) is 0 Å². The second kappa shape index (κ2) is 7.80. The molecule has 1 unspecified atom stereocenters. The van der Waals surface area contributed by atoms with Crippen LogP contribution in [0, 0.1) is 0 Å². The normalized spacial score (nSPS) is 21.3. The molecule has 0 aliphatic carbocycles. The maximum atomic E-state index is 6.01. The molecule has 2 aliphatic heterocycles. The lowest BCUT2D eigenvalue weighted by molar-refractivity contribution is 0.113. The Labute approximate surface area is 148 Å². The molecule has 0 spiro atoms. The number of aromatic nitrogens is 3. The Morgan fingerprint density at radius 1 is 1.28 bits per heavy atom. The predicted molar refractivity (Wildman–Crippen MR) is 94.3 cm³/mol. The van der Waals surface area contributed by atoms with E-state index in [2.05, 4.69) is 31.8 Å². The molecule has 0 amide bonds. The first-order valence-electron chi connectivity index (χ1n) is 8.92. The van der Waals surface area contributed by atoms with Crippen molar-refractivity contribution in [3.63, 3.8) is 0 Å². The fourth-order valence-corrected chi connectivity index (χ4v) is 3.47. The van der Waals surface area contributed by atoms with Gasteiger partial charge in [0, 0.05) is 38.1 Å². The third kappa shape index (κ3) is 4.08. The average molecular weight is 340 g/mol. The molecule has 132 valence electrons. The minimum absolute atomic E-state index is 0.338. The molecule has 0 saturated heterocycles. The van der Waals surface area contributed by atoms with E-state index >= 15 is 0 Å². The monoisotopic (exact) mass is 340 g/mol. The maximum Gasteiger partial charge on any atom is 0.137 e. The quantitative estimate of drug-likeness (QED) is 0.782. The number of aryl methyl sites for hydroxylation is 1. The summed E-state index contributed by atoms with van der Waals surface area (Å²) in [4.78, 5) is 6.62. The summed E-state index contributed by atoms with van der Waals surface area (Å²) < 4.78 is 13.7. The fraction of sp³-hybridized carbons (Fsp3) is 0.474. The first-order chi connectivity index (χ1) is 12.4. The van der Waals surface area contributed by atoms with Crippen LogP contribution < -0.4 is 4.74 Å². The van der Waals surface area contributed by atoms with Crippen molar-refractivity contribution in [2.24, 2.45) is 0 Å². The van der Waals surface area contributed by atoms with E-state index in [9.17, 15) is 0 Å². The van der Waals surface area contributed by atoms with Crippen molar-refractivity contribution in [1.29, 1.82) is 0 Å². The van der Waals surface area contributed by atoms with Gasteiger partial charge in [0.2, 0.25) is 0 Å². The van der Waals surface area contributed by atoms with E-state index in [4.69, 9.17) is 9.47 Å². The van der Waals surface area contributed by atoms with Crippen molar-refractivity contribution in [1.82, 2.24) is 19.7 Å². The number of hydrogen-bond acceptors (Lipinski definition) is 5. The van der Waals surface area contributed by atoms with Gasteiger partial charge in [0.05, 0.1) is 25.1 Å². The molecule has 0 N–H and O–H groups in total. The molecule has 2 aliphatic rings. The van der Waals surface area contributed by atoms with Gasteiger partial charge < -0.3 is 9.47 Å². The number of ether oxygens (including phenoxy) is 2. The van der Waals surface area contributed by atoms with Crippen LogP contribution in [0.1, 0.15) is 18.5 Å². The highest BCUT2D eigenvalue weighted by Crippen LogP contribution is 2.21. The van der Waals surface area contributed by atoms with Crippen molar-refractivity contribution in [3.8, 4) is 5.75 Å². The van der Waals surface area contributed by atoms with Crippen LogP contribution in [0.2, 0.25) is 0 Å². The van der Waals surface area contributed by atoms with E-state index in [1.54, 1.807) is 12.4 Å². The highest BCUT2D eigenvalue weighted by atomic mass is 16.5. The van der Waals surface area contributed by atoms with Gasteiger partial charge in [-0.2, -0.15) is 5.10 Å². The van der Waals surface area contributed by atoms with E-state index < -0.39 is 0 Å². The molecular weight excluding hydrogens is 316 g/mol. The van der Waals surface area contributed by atoms with Crippen LogP contribution in [0.3, 0.4) is 0 Å². The van der Waals surface area contributed by atoms with Gasteiger partial charge in [0.1, 0.15) is 12.4 Å². The minimum Gasteiger partial charge on any atom is -0.490 e. The Hall–Kier alpha value is -2.18. The summed E-state index contributed by atoms with van der Waals surface area (Å²) in [6.45, 7) is 4.97. The first kappa shape index (κ1) is 16.3. The Morgan fingerprint density at radius 2 is 2.28 bits per heavy atom. The van der Waals surface area contributed by atoms with Crippen molar-refractivity contribution in [2.75, 3.05) is 26.4 Å². The van der Waals surface area contributed by atoms with Gasteiger partial charge >= 0.3 is 0 Å². The number of pyridine rings is 1. The standard InChI is InChI=1S/C19H24N4O2/c1-4-19(11-20-7-1)25-15-18-6-9-23-17(5-8-21-23)13-22(18)12-16-3-2-10-24-14-16/h1,3-5,7-8,11,18H,2,6,9-10,12-15H2. The summed E-state index contributed by atoms with van der Waals surface area (Å²) in [5.74, 6) is 0.824. The molecule has 6 nitrogen and oxygen atoms in total. The van der Waals surface area contributed by atoms with Crippen LogP contribution in [0.25, 0.3) is 0 Å². The molecule has 0 bridgehead atoms. The summed E-state index contributed by atoms with van der Waals surface area (Å²) in [6, 6.07) is 6.31. The SMILES string of the molecule is C1=C(CN2Cc3ccnn3CCC2COc2cccnc2)COCC1. The molecule has 0 aromatic carbocycles. The van der Waals surface area contributed by atoms with Crippen molar-refractivity contribution in [3.05, 3.63) is 54.1 Å². The molecule has 1 atom stereocenters. The molecular formula is C19H24N4O2. The number of nitrogens with zero attached hydrogens (tertiary/aromatic N) is 4. The smallest absolute Gasteiger partial charge is 0.137 e. The Morgan fingerprint density at radius 3 is 3.12 bits per heavy atom. The van der Waals surface area contributed by atoms with Crippen LogP contribution in [0.5, 0.6) is 5.75 Å². The number of hydrogen-bond donors (Lipinski definition) is 0. The van der Waals surface area contributed by atoms with Crippen LogP contribution in [-0.4, -0.2) is 52.1 Å². The summed E-state index contributed by atoms with van der Waals surface area (Å²) in [5, 5.41) is 4.45. The zero-order valence-electron chi connectivity index (χ0n) is 14.4. The Kier molecular flexibility index (Phi) is 5.09. The summed E-state index contributed by atoms with van der Waals surface area (Å²) in [7, 11) is 0. The Balaban J connectivity index is 1.47. The van der Waals surface area contributed by atoms with Crippen LogP contribution in [0.4, 0.5) is 0 Å². The van der Waals surface area contributed by atoms with E-state index in [1.807, 2.05) is 18.3 Å². The zero-order chi connectivity index (χ0) is 16.9. The molecule has 2 aromatic heterocycles. The van der Waals surface area contributed by atoms with E-state index in [1.165, 1.54) is 11.3 Å². The third-order valence-corrected chi connectivity index (χ3v) is 4.83. The van der Waals surface area contributed by atoms with Crippen LogP contribution in [0.15, 0.2) is 48.4 Å². The first-order valence-corrected chi connectivity index (χ1v) is 8.92. The minimum atomic E-state index is 0.338. The zero-order valence-corrected chi connectivity index (χ0v) is 14.4. The lowest BCUT2D eigenvalue weighted by Crippen LogP contribution is -2.40. The molecule has 0 radical (unpaired) electrons. The van der Waals surface area contributed by atoms with Gasteiger partial charge in [0.15, 0.2) is 0 Å². The van der Waals surface area contributed by atoms with E-state index in [0.29, 0.717) is 12.6 Å². The molecule has 25 heavy (non-hydrogen) atoms. The van der Waals surface area contributed by atoms with E-state index in [-0.39, 0.29) is 0 Å². The summed E-state index contributed by atoms with van der Waals surface area (Å²) >= 11 is 0. The lowest BCUT2D eigenvalue weighted by Gasteiger charge is -2.31. The second-order valence-electron chi connectivity index (χ2n) is 6.60. The summed E-state index contributed by atoms with van der Waals surface area (Å²) in [5.41, 5.74) is 2.63. The molecule has 4 heterocycles. The lowest BCUT2D eigenvalue weighted by atomic mass is 10.1. The van der Waals surface area contributed by atoms with Crippen molar-refractivity contribution < 1.29 is 9.47 Å². The molecule has 0 fully saturated rings. The summed E-state index contributed by atoms with van der Waals surface area (Å²) in [6.07, 6.45) is 9.78. The molecule has 0 saturated carbocycles. The highest BCUT2D eigenvalue weighted by Gasteiger charge is 2.26. The number of fused-ring (bicyclic) bond motifs is 1. The van der Waals surface area contributed by atoms with Gasteiger partial charge in [-0.15, -0.1) is 0 Å². The van der Waals surface area contributed by atoms with Gasteiger partial charge in [-0.1, -0.05) is 6.08 Å². The topological polar surface area (TPSA) is 52.4 Å². The average Bonchev–Trinajstić information content (AvgIpc) is 3.03. The van der Waals surface area contributed by atoms with Crippen molar-refractivity contribution in [2.45, 2.75) is 32.0 Å². The van der Waals surface area contributed by atoms with Crippen molar-refractivity contribution >= 4 is 0 Å². The third-order valence-electron chi connectivity index (χ3n) is 4.83.